The predicted molar refractivity (Wildman–Crippen MR) is 65.6 cm³/mol. The molecule has 1 saturated heterocycles. The molecule has 16 heavy (non-hydrogen) atoms. The van der Waals surface area contributed by atoms with Gasteiger partial charge in [-0.2, -0.15) is 0 Å². The summed E-state index contributed by atoms with van der Waals surface area (Å²) in [5, 5.41) is 0.602. The van der Waals surface area contributed by atoms with Gasteiger partial charge in [-0.25, -0.2) is 0 Å². The fraction of sp³-hybridized carbons (Fsp3) is 0.417. The van der Waals surface area contributed by atoms with Gasteiger partial charge in [-0.1, -0.05) is 23.7 Å². The number of halogens is 1. The quantitative estimate of drug-likeness (QED) is 0.815. The van der Waals surface area contributed by atoms with Crippen molar-refractivity contribution >= 4 is 23.2 Å². The zero-order valence-electron chi connectivity index (χ0n) is 9.03. The third-order valence-electron chi connectivity index (χ3n) is 2.87. The molecule has 1 aromatic rings. The molecule has 1 aliphatic heterocycles. The van der Waals surface area contributed by atoms with Crippen LogP contribution in [0.15, 0.2) is 24.3 Å². The molecule has 0 saturated carbocycles. The van der Waals surface area contributed by atoms with E-state index in [4.69, 9.17) is 17.3 Å². The number of amides is 1. The first-order valence-electron chi connectivity index (χ1n) is 5.51. The minimum atomic E-state index is -0.390. The molecule has 2 rings (SSSR count). The monoisotopic (exact) mass is 238 g/mol. The number of nitrogens with zero attached hydrogens (tertiary/aromatic N) is 1. The van der Waals surface area contributed by atoms with E-state index in [1.165, 1.54) is 0 Å². The zero-order chi connectivity index (χ0) is 11.5. The molecule has 1 aromatic carbocycles. The van der Waals surface area contributed by atoms with Crippen molar-refractivity contribution < 1.29 is 4.79 Å². The second kappa shape index (κ2) is 4.85. The van der Waals surface area contributed by atoms with Crippen molar-refractivity contribution in [2.45, 2.75) is 25.3 Å². The standard InChI is InChI=1S/C12H15ClN2O/c13-9-5-1-2-7-11(9)15-8-4-3-6-10(14)12(15)16/h1-2,5,7,10H,3-4,6,8,14H2. The highest BCUT2D eigenvalue weighted by Gasteiger charge is 2.25. The summed E-state index contributed by atoms with van der Waals surface area (Å²) in [5.74, 6) is -0.0226. The molecule has 0 spiro atoms. The van der Waals surface area contributed by atoms with Crippen molar-refractivity contribution in [1.82, 2.24) is 0 Å². The number of para-hydroxylation sites is 1. The van der Waals surface area contributed by atoms with Crippen LogP contribution < -0.4 is 10.6 Å². The van der Waals surface area contributed by atoms with E-state index in [9.17, 15) is 4.79 Å². The van der Waals surface area contributed by atoms with Gasteiger partial charge in [0.25, 0.3) is 0 Å². The number of nitrogens with two attached hydrogens (primary N) is 1. The van der Waals surface area contributed by atoms with E-state index in [0.29, 0.717) is 11.6 Å². The molecule has 1 atom stereocenters. The largest absolute Gasteiger partial charge is 0.320 e. The summed E-state index contributed by atoms with van der Waals surface area (Å²) in [5.41, 5.74) is 6.59. The lowest BCUT2D eigenvalue weighted by atomic mass is 10.1. The van der Waals surface area contributed by atoms with Gasteiger partial charge in [-0.05, 0) is 31.4 Å². The number of hydrogen-bond donors (Lipinski definition) is 1. The highest BCUT2D eigenvalue weighted by atomic mass is 35.5. The van der Waals surface area contributed by atoms with Crippen LogP contribution in [0.25, 0.3) is 0 Å². The summed E-state index contributed by atoms with van der Waals surface area (Å²) in [7, 11) is 0. The number of benzene rings is 1. The van der Waals surface area contributed by atoms with Gasteiger partial charge in [0.15, 0.2) is 0 Å². The van der Waals surface area contributed by atoms with Crippen molar-refractivity contribution in [3.8, 4) is 0 Å². The topological polar surface area (TPSA) is 46.3 Å². The van der Waals surface area contributed by atoms with Gasteiger partial charge in [-0.15, -0.1) is 0 Å². The minimum absolute atomic E-state index is 0.0226. The summed E-state index contributed by atoms with van der Waals surface area (Å²) in [6.07, 6.45) is 2.73. The van der Waals surface area contributed by atoms with Crippen LogP contribution in [0.2, 0.25) is 5.02 Å². The van der Waals surface area contributed by atoms with E-state index in [0.717, 1.165) is 24.9 Å². The first-order valence-corrected chi connectivity index (χ1v) is 5.89. The molecule has 3 nitrogen and oxygen atoms in total. The Bertz CT molecular complexity index is 394. The molecule has 0 aliphatic carbocycles. The van der Waals surface area contributed by atoms with Crippen LogP contribution >= 0.6 is 11.6 Å². The Hall–Kier alpha value is -1.06. The summed E-state index contributed by atoms with van der Waals surface area (Å²) >= 11 is 6.09. The lowest BCUT2D eigenvalue weighted by Gasteiger charge is -2.23. The highest BCUT2D eigenvalue weighted by Crippen LogP contribution is 2.27. The molecule has 0 aromatic heterocycles. The van der Waals surface area contributed by atoms with Crippen molar-refractivity contribution in [1.29, 1.82) is 0 Å². The van der Waals surface area contributed by atoms with Crippen LogP contribution in [0.3, 0.4) is 0 Å². The summed E-state index contributed by atoms with van der Waals surface area (Å²) < 4.78 is 0. The molecule has 1 unspecified atom stereocenters. The zero-order valence-corrected chi connectivity index (χ0v) is 9.78. The maximum Gasteiger partial charge on any atom is 0.243 e. The average Bonchev–Trinajstić information content (AvgIpc) is 2.44. The maximum atomic E-state index is 12.0. The average molecular weight is 239 g/mol. The van der Waals surface area contributed by atoms with E-state index in [2.05, 4.69) is 0 Å². The third-order valence-corrected chi connectivity index (χ3v) is 3.19. The Kier molecular flexibility index (Phi) is 3.46. The molecule has 86 valence electrons. The lowest BCUT2D eigenvalue weighted by Crippen LogP contribution is -2.42. The third kappa shape index (κ3) is 2.20. The van der Waals surface area contributed by atoms with Crippen LogP contribution in [0.5, 0.6) is 0 Å². The molecular weight excluding hydrogens is 224 g/mol. The minimum Gasteiger partial charge on any atom is -0.320 e. The number of carbonyl (C=O) groups is 1. The molecule has 0 bridgehead atoms. The fourth-order valence-electron chi connectivity index (χ4n) is 1.98. The van der Waals surface area contributed by atoms with E-state index < -0.39 is 6.04 Å². The van der Waals surface area contributed by atoms with Crippen molar-refractivity contribution in [3.63, 3.8) is 0 Å². The number of rotatable bonds is 1. The van der Waals surface area contributed by atoms with E-state index >= 15 is 0 Å². The van der Waals surface area contributed by atoms with Crippen LogP contribution in [-0.2, 0) is 4.79 Å². The molecule has 1 amide bonds. The Labute approximate surface area is 100 Å². The number of hydrogen-bond acceptors (Lipinski definition) is 2. The van der Waals surface area contributed by atoms with E-state index in [1.807, 2.05) is 18.2 Å². The fourth-order valence-corrected chi connectivity index (χ4v) is 2.22. The Balaban J connectivity index is 2.31. The summed E-state index contributed by atoms with van der Waals surface area (Å²) in [6.45, 7) is 0.705. The Morgan fingerprint density at radius 2 is 2.06 bits per heavy atom. The Morgan fingerprint density at radius 3 is 2.81 bits per heavy atom. The highest BCUT2D eigenvalue weighted by molar-refractivity contribution is 6.33. The SMILES string of the molecule is NC1CCCCN(c2ccccc2Cl)C1=O. The molecule has 1 fully saturated rings. The maximum absolute atomic E-state index is 12.0. The van der Waals surface area contributed by atoms with Crippen molar-refractivity contribution in [3.05, 3.63) is 29.3 Å². The first kappa shape index (κ1) is 11.4. The van der Waals surface area contributed by atoms with Crippen LogP contribution in [0, 0.1) is 0 Å². The van der Waals surface area contributed by atoms with Crippen molar-refractivity contribution in [2.75, 3.05) is 11.4 Å². The number of anilines is 1. The second-order valence-corrected chi connectivity index (χ2v) is 4.45. The van der Waals surface area contributed by atoms with E-state index in [-0.39, 0.29) is 5.91 Å². The first-order chi connectivity index (χ1) is 7.70. The normalized spacial score (nSPS) is 22.0. The molecule has 1 aliphatic rings. The molecule has 2 N–H and O–H groups in total. The van der Waals surface area contributed by atoms with Gasteiger partial charge < -0.3 is 10.6 Å². The van der Waals surface area contributed by atoms with Gasteiger partial charge in [0, 0.05) is 6.54 Å². The van der Waals surface area contributed by atoms with E-state index in [1.54, 1.807) is 11.0 Å². The van der Waals surface area contributed by atoms with Crippen LogP contribution in [0.4, 0.5) is 5.69 Å². The molecular formula is C12H15ClN2O. The summed E-state index contributed by atoms with van der Waals surface area (Å²) in [6, 6.07) is 7.00. The molecule has 0 radical (unpaired) electrons. The smallest absolute Gasteiger partial charge is 0.243 e. The number of carbonyl (C=O) groups excluding carboxylic acids is 1. The van der Waals surface area contributed by atoms with Gasteiger partial charge in [-0.3, -0.25) is 4.79 Å². The van der Waals surface area contributed by atoms with Gasteiger partial charge in [0.05, 0.1) is 16.8 Å². The van der Waals surface area contributed by atoms with Crippen LogP contribution in [0.1, 0.15) is 19.3 Å². The van der Waals surface area contributed by atoms with Gasteiger partial charge in [0.2, 0.25) is 5.91 Å². The molecule has 4 heteroatoms. The summed E-state index contributed by atoms with van der Waals surface area (Å²) in [4.78, 5) is 13.7. The van der Waals surface area contributed by atoms with Crippen molar-refractivity contribution in [2.24, 2.45) is 5.73 Å². The van der Waals surface area contributed by atoms with Gasteiger partial charge in [0.1, 0.15) is 0 Å². The lowest BCUT2D eigenvalue weighted by molar-refractivity contribution is -0.119. The predicted octanol–water partition coefficient (Wildman–Crippen LogP) is 2.18. The van der Waals surface area contributed by atoms with Crippen LogP contribution in [-0.4, -0.2) is 18.5 Å². The second-order valence-electron chi connectivity index (χ2n) is 4.04. The van der Waals surface area contributed by atoms with Gasteiger partial charge >= 0.3 is 0 Å². The Morgan fingerprint density at radius 1 is 1.31 bits per heavy atom. The molecule has 1 heterocycles.